The average Bonchev–Trinajstić information content (AvgIpc) is 2.04. The normalized spacial score (nSPS) is 37.6. The highest BCUT2D eigenvalue weighted by molar-refractivity contribution is 5.77. The van der Waals surface area contributed by atoms with Crippen LogP contribution in [0, 0.1) is 5.92 Å². The van der Waals surface area contributed by atoms with Crippen molar-refractivity contribution in [1.82, 2.24) is 5.32 Å². The summed E-state index contributed by atoms with van der Waals surface area (Å²) in [4.78, 5) is 11.0. The number of amides is 1. The largest absolute Gasteiger partial charge is 0.353 e. The number of hydrogen-bond acceptors (Lipinski definition) is 1. The molecule has 1 amide bonds. The van der Waals surface area contributed by atoms with Crippen LogP contribution in [0.3, 0.4) is 0 Å². The molecule has 1 heterocycles. The number of carbonyl (C=O) groups is 1. The molecule has 1 N–H and O–H groups in total. The summed E-state index contributed by atoms with van der Waals surface area (Å²) in [6, 6.07) is 0.532. The van der Waals surface area contributed by atoms with Crippen molar-refractivity contribution in [3.05, 3.63) is 0 Å². The van der Waals surface area contributed by atoms with E-state index in [1.54, 1.807) is 0 Å². The third kappa shape index (κ3) is 1.39. The standard InChI is InChI=1S/C9H15NO/c11-9-6-5-7-3-1-2-4-8(7)10-9/h7-8H,1-6H2,(H,10,11)/t7-,8+/m1/s1. The summed E-state index contributed by atoms with van der Waals surface area (Å²) in [5, 5.41) is 3.08. The van der Waals surface area contributed by atoms with Gasteiger partial charge in [-0.25, -0.2) is 0 Å². The summed E-state index contributed by atoms with van der Waals surface area (Å²) in [6.45, 7) is 0. The van der Waals surface area contributed by atoms with Gasteiger partial charge in [-0.2, -0.15) is 0 Å². The Morgan fingerprint density at radius 1 is 1.18 bits per heavy atom. The van der Waals surface area contributed by atoms with E-state index in [4.69, 9.17) is 0 Å². The third-order valence-electron chi connectivity index (χ3n) is 3.00. The summed E-state index contributed by atoms with van der Waals surface area (Å²) >= 11 is 0. The molecule has 0 aromatic rings. The van der Waals surface area contributed by atoms with Gasteiger partial charge in [-0.3, -0.25) is 4.79 Å². The molecule has 0 spiro atoms. The lowest BCUT2D eigenvalue weighted by atomic mass is 9.79. The van der Waals surface area contributed by atoms with E-state index in [1.165, 1.54) is 25.7 Å². The molecule has 2 rings (SSSR count). The molecule has 11 heavy (non-hydrogen) atoms. The molecule has 1 aliphatic carbocycles. The highest BCUT2D eigenvalue weighted by atomic mass is 16.1. The molecule has 0 aromatic carbocycles. The van der Waals surface area contributed by atoms with Gasteiger partial charge in [-0.1, -0.05) is 12.8 Å². The summed E-state index contributed by atoms with van der Waals surface area (Å²) in [6.07, 6.45) is 7.14. The number of hydrogen-bond donors (Lipinski definition) is 1. The van der Waals surface area contributed by atoms with Gasteiger partial charge in [0.15, 0.2) is 0 Å². The summed E-state index contributed by atoms with van der Waals surface area (Å²) in [5.74, 6) is 1.08. The van der Waals surface area contributed by atoms with Gasteiger partial charge in [0.05, 0.1) is 0 Å². The summed E-state index contributed by atoms with van der Waals surface area (Å²) < 4.78 is 0. The molecule has 1 saturated carbocycles. The smallest absolute Gasteiger partial charge is 0.220 e. The molecule has 62 valence electrons. The predicted octanol–water partition coefficient (Wildman–Crippen LogP) is 1.46. The molecule has 2 atom stereocenters. The number of piperidine rings is 1. The first-order valence-electron chi connectivity index (χ1n) is 4.65. The van der Waals surface area contributed by atoms with Gasteiger partial charge in [0.1, 0.15) is 0 Å². The predicted molar refractivity (Wildman–Crippen MR) is 43.1 cm³/mol. The Balaban J connectivity index is 1.98. The van der Waals surface area contributed by atoms with Crippen molar-refractivity contribution in [3.8, 4) is 0 Å². The van der Waals surface area contributed by atoms with E-state index in [-0.39, 0.29) is 5.91 Å². The minimum absolute atomic E-state index is 0.271. The average molecular weight is 153 g/mol. The van der Waals surface area contributed by atoms with E-state index in [9.17, 15) is 4.79 Å². The van der Waals surface area contributed by atoms with Crippen molar-refractivity contribution in [1.29, 1.82) is 0 Å². The highest BCUT2D eigenvalue weighted by Crippen LogP contribution is 2.30. The first-order chi connectivity index (χ1) is 5.36. The first kappa shape index (κ1) is 7.14. The van der Waals surface area contributed by atoms with Gasteiger partial charge in [0.25, 0.3) is 0 Å². The second kappa shape index (κ2) is 2.84. The minimum Gasteiger partial charge on any atom is -0.353 e. The molecule has 0 unspecified atom stereocenters. The van der Waals surface area contributed by atoms with E-state index in [0.717, 1.165) is 18.8 Å². The van der Waals surface area contributed by atoms with Crippen molar-refractivity contribution in [2.45, 2.75) is 44.6 Å². The molecule has 2 nitrogen and oxygen atoms in total. The molecule has 1 saturated heterocycles. The van der Waals surface area contributed by atoms with Crippen LogP contribution in [0.4, 0.5) is 0 Å². The van der Waals surface area contributed by atoms with Crippen LogP contribution in [0.15, 0.2) is 0 Å². The maximum absolute atomic E-state index is 11.0. The fourth-order valence-electron chi connectivity index (χ4n) is 2.34. The zero-order valence-corrected chi connectivity index (χ0v) is 6.81. The number of fused-ring (bicyclic) bond motifs is 1. The van der Waals surface area contributed by atoms with Gasteiger partial charge < -0.3 is 5.32 Å². The molecule has 2 heteroatoms. The van der Waals surface area contributed by atoms with E-state index in [2.05, 4.69) is 5.32 Å². The quantitative estimate of drug-likeness (QED) is 0.560. The Bertz CT molecular complexity index is 167. The van der Waals surface area contributed by atoms with Crippen LogP contribution in [-0.2, 0) is 4.79 Å². The zero-order chi connectivity index (χ0) is 7.68. The van der Waals surface area contributed by atoms with Crippen LogP contribution in [-0.4, -0.2) is 11.9 Å². The lowest BCUT2D eigenvalue weighted by Gasteiger charge is -2.35. The van der Waals surface area contributed by atoms with E-state index < -0.39 is 0 Å². The second-order valence-electron chi connectivity index (χ2n) is 3.76. The molecule has 0 aromatic heterocycles. The third-order valence-corrected chi connectivity index (χ3v) is 3.00. The summed E-state index contributed by atoms with van der Waals surface area (Å²) in [7, 11) is 0. The molecule has 2 fully saturated rings. The second-order valence-corrected chi connectivity index (χ2v) is 3.76. The highest BCUT2D eigenvalue weighted by Gasteiger charge is 2.30. The Morgan fingerprint density at radius 3 is 2.91 bits per heavy atom. The molecular formula is C9H15NO. The van der Waals surface area contributed by atoms with Gasteiger partial charge in [0.2, 0.25) is 5.91 Å². The Morgan fingerprint density at radius 2 is 2.00 bits per heavy atom. The van der Waals surface area contributed by atoms with E-state index >= 15 is 0 Å². The van der Waals surface area contributed by atoms with E-state index in [1.807, 2.05) is 0 Å². The maximum Gasteiger partial charge on any atom is 0.220 e. The van der Waals surface area contributed by atoms with Gasteiger partial charge >= 0.3 is 0 Å². The van der Waals surface area contributed by atoms with Gasteiger partial charge in [-0.15, -0.1) is 0 Å². The van der Waals surface area contributed by atoms with Gasteiger partial charge in [0, 0.05) is 12.5 Å². The van der Waals surface area contributed by atoms with Crippen LogP contribution in [0.2, 0.25) is 0 Å². The zero-order valence-electron chi connectivity index (χ0n) is 6.81. The lowest BCUT2D eigenvalue weighted by molar-refractivity contribution is -0.124. The monoisotopic (exact) mass is 153 g/mol. The molecular weight excluding hydrogens is 138 g/mol. The number of nitrogens with one attached hydrogen (secondary N) is 1. The lowest BCUT2D eigenvalue weighted by Crippen LogP contribution is -2.46. The maximum atomic E-state index is 11.0. The number of rotatable bonds is 0. The molecule has 0 radical (unpaired) electrons. The fraction of sp³-hybridized carbons (Fsp3) is 0.889. The minimum atomic E-state index is 0.271. The Kier molecular flexibility index (Phi) is 1.84. The van der Waals surface area contributed by atoms with Crippen LogP contribution < -0.4 is 5.32 Å². The Hall–Kier alpha value is -0.530. The van der Waals surface area contributed by atoms with Crippen LogP contribution in [0.5, 0.6) is 0 Å². The van der Waals surface area contributed by atoms with E-state index in [0.29, 0.717) is 6.04 Å². The summed E-state index contributed by atoms with van der Waals surface area (Å²) in [5.41, 5.74) is 0. The Labute approximate surface area is 67.4 Å². The van der Waals surface area contributed by atoms with Crippen molar-refractivity contribution in [2.24, 2.45) is 5.92 Å². The van der Waals surface area contributed by atoms with Crippen LogP contribution in [0.25, 0.3) is 0 Å². The van der Waals surface area contributed by atoms with Crippen molar-refractivity contribution in [3.63, 3.8) is 0 Å². The SMILES string of the molecule is O=C1CC[C@H]2CCCC[C@@H]2N1. The van der Waals surface area contributed by atoms with Crippen molar-refractivity contribution < 1.29 is 4.79 Å². The van der Waals surface area contributed by atoms with Crippen molar-refractivity contribution >= 4 is 5.91 Å². The molecule has 2 aliphatic rings. The molecule has 1 aliphatic heterocycles. The van der Waals surface area contributed by atoms with Crippen LogP contribution in [0.1, 0.15) is 38.5 Å². The van der Waals surface area contributed by atoms with Crippen LogP contribution >= 0.6 is 0 Å². The fourth-order valence-corrected chi connectivity index (χ4v) is 2.34. The number of carbonyl (C=O) groups excluding carboxylic acids is 1. The molecule has 0 bridgehead atoms. The van der Waals surface area contributed by atoms with Gasteiger partial charge in [-0.05, 0) is 25.2 Å². The van der Waals surface area contributed by atoms with Crippen molar-refractivity contribution in [2.75, 3.05) is 0 Å². The topological polar surface area (TPSA) is 29.1 Å². The first-order valence-corrected chi connectivity index (χ1v) is 4.65.